The number of rotatable bonds is 4. The molecule has 0 amide bonds. The first kappa shape index (κ1) is 13.6. The van der Waals surface area contributed by atoms with Crippen LogP contribution in [0.4, 0.5) is 0 Å². The second kappa shape index (κ2) is 5.44. The predicted octanol–water partition coefficient (Wildman–Crippen LogP) is 3.03. The van der Waals surface area contributed by atoms with Gasteiger partial charge in [-0.05, 0) is 53.5 Å². The summed E-state index contributed by atoms with van der Waals surface area (Å²) in [6.45, 7) is 4.09. The Morgan fingerprint density at radius 3 is 2.72 bits per heavy atom. The second-order valence-corrected chi connectivity index (χ2v) is 5.38. The topological polar surface area (TPSA) is 69.0 Å². The van der Waals surface area contributed by atoms with Gasteiger partial charge >= 0.3 is 0 Å². The van der Waals surface area contributed by atoms with E-state index in [1.165, 1.54) is 0 Å². The van der Waals surface area contributed by atoms with Crippen LogP contribution in [0.3, 0.4) is 0 Å². The first-order valence-corrected chi connectivity index (χ1v) is 6.66. The zero-order chi connectivity index (χ0) is 13.3. The van der Waals surface area contributed by atoms with Gasteiger partial charge in [-0.15, -0.1) is 0 Å². The smallest absolute Gasteiger partial charge is 0.193 e. The maximum Gasteiger partial charge on any atom is 0.193 e. The number of hydrogen-bond donors (Lipinski definition) is 2. The third kappa shape index (κ3) is 2.47. The SMILES string of the molecule is CC(C)n1ncc(Br)c1C(NN)c1ccc(Cl)o1. The van der Waals surface area contributed by atoms with E-state index in [4.69, 9.17) is 21.9 Å². The Hall–Kier alpha value is -0.820. The number of halogens is 2. The van der Waals surface area contributed by atoms with Crippen molar-refractivity contribution in [1.29, 1.82) is 0 Å². The highest BCUT2D eigenvalue weighted by molar-refractivity contribution is 9.10. The highest BCUT2D eigenvalue weighted by Gasteiger charge is 2.24. The lowest BCUT2D eigenvalue weighted by atomic mass is 10.1. The summed E-state index contributed by atoms with van der Waals surface area (Å²) < 4.78 is 8.16. The minimum atomic E-state index is -0.309. The average Bonchev–Trinajstić information content (AvgIpc) is 2.88. The molecule has 98 valence electrons. The van der Waals surface area contributed by atoms with Gasteiger partial charge in [0.15, 0.2) is 5.22 Å². The summed E-state index contributed by atoms with van der Waals surface area (Å²) in [6.07, 6.45) is 1.74. The summed E-state index contributed by atoms with van der Waals surface area (Å²) in [5.41, 5.74) is 3.63. The first-order chi connectivity index (χ1) is 8.54. The molecule has 2 rings (SSSR count). The molecule has 18 heavy (non-hydrogen) atoms. The number of nitrogens with two attached hydrogens (primary N) is 1. The monoisotopic (exact) mass is 332 g/mol. The Labute approximate surface area is 118 Å². The molecule has 0 aliphatic heterocycles. The Morgan fingerprint density at radius 2 is 2.22 bits per heavy atom. The van der Waals surface area contributed by atoms with Crippen LogP contribution in [0.5, 0.6) is 0 Å². The maximum atomic E-state index is 5.80. The fraction of sp³-hybridized carbons (Fsp3) is 0.364. The average molecular weight is 334 g/mol. The maximum absolute atomic E-state index is 5.80. The summed E-state index contributed by atoms with van der Waals surface area (Å²) in [6, 6.07) is 3.38. The van der Waals surface area contributed by atoms with Crippen molar-refractivity contribution in [1.82, 2.24) is 15.2 Å². The second-order valence-electron chi connectivity index (χ2n) is 4.16. The molecular formula is C11H14BrClN4O. The van der Waals surface area contributed by atoms with E-state index < -0.39 is 0 Å². The highest BCUT2D eigenvalue weighted by Crippen LogP contribution is 2.31. The van der Waals surface area contributed by atoms with E-state index >= 15 is 0 Å². The molecule has 7 heteroatoms. The molecule has 5 nitrogen and oxygen atoms in total. The molecule has 0 spiro atoms. The zero-order valence-electron chi connectivity index (χ0n) is 10.0. The molecule has 2 aromatic heterocycles. The molecule has 0 aliphatic carbocycles. The Balaban J connectivity index is 2.47. The number of nitrogens with zero attached hydrogens (tertiary/aromatic N) is 2. The number of aromatic nitrogens is 2. The van der Waals surface area contributed by atoms with Gasteiger partial charge in [0.05, 0.1) is 16.4 Å². The lowest BCUT2D eigenvalue weighted by Gasteiger charge is -2.18. The van der Waals surface area contributed by atoms with Crippen LogP contribution in [0.2, 0.25) is 5.22 Å². The summed E-state index contributed by atoms with van der Waals surface area (Å²) in [7, 11) is 0. The molecule has 3 N–H and O–H groups in total. The van der Waals surface area contributed by atoms with E-state index in [2.05, 4.69) is 26.5 Å². The molecular weight excluding hydrogens is 320 g/mol. The third-order valence-corrected chi connectivity index (χ3v) is 3.41. The Bertz CT molecular complexity index is 537. The number of furan rings is 1. The summed E-state index contributed by atoms with van der Waals surface area (Å²) >= 11 is 9.27. The summed E-state index contributed by atoms with van der Waals surface area (Å²) in [4.78, 5) is 0. The lowest BCUT2D eigenvalue weighted by molar-refractivity contribution is 0.416. The normalized spacial score (nSPS) is 13.2. The highest BCUT2D eigenvalue weighted by atomic mass is 79.9. The van der Waals surface area contributed by atoms with Gasteiger partial charge in [-0.1, -0.05) is 0 Å². The van der Waals surface area contributed by atoms with Gasteiger partial charge < -0.3 is 4.42 Å². The van der Waals surface area contributed by atoms with Gasteiger partial charge in [0.1, 0.15) is 11.8 Å². The van der Waals surface area contributed by atoms with Gasteiger partial charge in [-0.2, -0.15) is 5.10 Å². The molecule has 0 bridgehead atoms. The minimum Gasteiger partial charge on any atom is -0.448 e. The van der Waals surface area contributed by atoms with Gasteiger partial charge in [-0.25, -0.2) is 5.43 Å². The molecule has 2 aromatic rings. The van der Waals surface area contributed by atoms with Crippen LogP contribution in [-0.4, -0.2) is 9.78 Å². The first-order valence-electron chi connectivity index (χ1n) is 5.48. The molecule has 0 aliphatic rings. The van der Waals surface area contributed by atoms with Crippen molar-refractivity contribution in [3.63, 3.8) is 0 Å². The van der Waals surface area contributed by atoms with Crippen LogP contribution in [0.1, 0.15) is 37.4 Å². The van der Waals surface area contributed by atoms with Crippen molar-refractivity contribution in [2.75, 3.05) is 0 Å². The number of nitrogens with one attached hydrogen (secondary N) is 1. The molecule has 1 atom stereocenters. The number of hydrazine groups is 1. The fourth-order valence-corrected chi connectivity index (χ4v) is 2.47. The van der Waals surface area contributed by atoms with Gasteiger partial charge in [0.25, 0.3) is 0 Å². The van der Waals surface area contributed by atoms with Crippen molar-refractivity contribution in [2.24, 2.45) is 5.84 Å². The van der Waals surface area contributed by atoms with E-state index in [1.807, 2.05) is 18.5 Å². The van der Waals surface area contributed by atoms with E-state index in [1.54, 1.807) is 18.3 Å². The standard InChI is InChI=1S/C11H14BrClN4O/c1-6(2)17-11(7(12)5-15-17)10(16-14)8-3-4-9(13)18-8/h3-6,10,16H,14H2,1-2H3. The van der Waals surface area contributed by atoms with Crippen molar-refractivity contribution in [2.45, 2.75) is 25.9 Å². The van der Waals surface area contributed by atoms with Crippen LogP contribution in [0.25, 0.3) is 0 Å². The summed E-state index contributed by atoms with van der Waals surface area (Å²) in [5.74, 6) is 6.27. The zero-order valence-corrected chi connectivity index (χ0v) is 12.4. The molecule has 0 fully saturated rings. The van der Waals surface area contributed by atoms with Crippen LogP contribution in [0, 0.1) is 0 Å². The van der Waals surface area contributed by atoms with E-state index in [9.17, 15) is 0 Å². The number of hydrogen-bond acceptors (Lipinski definition) is 4. The van der Waals surface area contributed by atoms with Crippen molar-refractivity contribution < 1.29 is 4.42 Å². The largest absolute Gasteiger partial charge is 0.448 e. The quantitative estimate of drug-likeness (QED) is 0.666. The molecule has 0 saturated carbocycles. The van der Waals surface area contributed by atoms with Gasteiger partial charge in [0.2, 0.25) is 0 Å². The third-order valence-electron chi connectivity index (χ3n) is 2.59. The lowest BCUT2D eigenvalue weighted by Crippen LogP contribution is -2.31. The molecule has 0 aromatic carbocycles. The van der Waals surface area contributed by atoms with Crippen LogP contribution >= 0.6 is 27.5 Å². The van der Waals surface area contributed by atoms with E-state index in [0.29, 0.717) is 11.0 Å². The Kier molecular flexibility index (Phi) is 4.11. The van der Waals surface area contributed by atoms with Crippen molar-refractivity contribution >= 4 is 27.5 Å². The van der Waals surface area contributed by atoms with Crippen LogP contribution < -0.4 is 11.3 Å². The van der Waals surface area contributed by atoms with Crippen LogP contribution in [0.15, 0.2) is 27.2 Å². The van der Waals surface area contributed by atoms with Crippen molar-refractivity contribution in [3.05, 3.63) is 39.5 Å². The fourth-order valence-electron chi connectivity index (χ4n) is 1.81. The molecule has 1 unspecified atom stereocenters. The van der Waals surface area contributed by atoms with Gasteiger partial charge in [-0.3, -0.25) is 10.5 Å². The van der Waals surface area contributed by atoms with Crippen LogP contribution in [-0.2, 0) is 0 Å². The Morgan fingerprint density at radius 1 is 1.50 bits per heavy atom. The van der Waals surface area contributed by atoms with Gasteiger partial charge in [0, 0.05) is 6.04 Å². The summed E-state index contributed by atoms with van der Waals surface area (Å²) in [5, 5.41) is 4.65. The molecule has 0 saturated heterocycles. The molecule has 2 heterocycles. The van der Waals surface area contributed by atoms with Crippen molar-refractivity contribution in [3.8, 4) is 0 Å². The molecule has 0 radical (unpaired) electrons. The minimum absolute atomic E-state index is 0.215. The van der Waals surface area contributed by atoms with E-state index in [0.717, 1.165) is 10.2 Å². The predicted molar refractivity (Wildman–Crippen MR) is 73.2 cm³/mol. The van der Waals surface area contributed by atoms with E-state index in [-0.39, 0.29) is 12.1 Å².